The van der Waals surface area contributed by atoms with Gasteiger partial charge >= 0.3 is 0 Å². The molecule has 3 rings (SSSR count). The standard InChI is InChI=1S/C20H19Cl2N3O4/c1-4-7-28-18-15(21)9-12(10-16(18)22)20(26)23-19-17(24-29-25-19)14-6-5-13(27-3)8-11(14)2/h5-6,8-10H,4,7H2,1-3H3,(H,23,25,26). The van der Waals surface area contributed by atoms with Gasteiger partial charge in [-0.3, -0.25) is 4.79 Å². The molecule has 0 saturated carbocycles. The summed E-state index contributed by atoms with van der Waals surface area (Å²) in [5, 5.41) is 10.9. The van der Waals surface area contributed by atoms with Crippen molar-refractivity contribution in [2.24, 2.45) is 0 Å². The monoisotopic (exact) mass is 435 g/mol. The summed E-state index contributed by atoms with van der Waals surface area (Å²) < 4.78 is 15.6. The van der Waals surface area contributed by atoms with Crippen molar-refractivity contribution in [3.05, 3.63) is 51.5 Å². The molecule has 0 unspecified atom stereocenters. The Morgan fingerprint density at radius 3 is 2.52 bits per heavy atom. The fraction of sp³-hybridized carbons (Fsp3) is 0.250. The molecule has 0 aliphatic heterocycles. The van der Waals surface area contributed by atoms with Gasteiger partial charge in [0, 0.05) is 11.1 Å². The third kappa shape index (κ3) is 4.63. The lowest BCUT2D eigenvalue weighted by Gasteiger charge is -2.11. The maximum Gasteiger partial charge on any atom is 0.257 e. The van der Waals surface area contributed by atoms with Gasteiger partial charge in [-0.1, -0.05) is 30.1 Å². The van der Waals surface area contributed by atoms with Gasteiger partial charge in [0.15, 0.2) is 11.4 Å². The van der Waals surface area contributed by atoms with Gasteiger partial charge in [-0.15, -0.1) is 0 Å². The van der Waals surface area contributed by atoms with E-state index in [1.54, 1.807) is 13.2 Å². The largest absolute Gasteiger partial charge is 0.497 e. The Balaban J connectivity index is 1.85. The maximum atomic E-state index is 12.7. The second-order valence-corrected chi connectivity index (χ2v) is 7.03. The minimum Gasteiger partial charge on any atom is -0.497 e. The van der Waals surface area contributed by atoms with Gasteiger partial charge in [-0.2, -0.15) is 0 Å². The molecule has 2 aromatic carbocycles. The molecular weight excluding hydrogens is 417 g/mol. The second kappa shape index (κ2) is 9.15. The average molecular weight is 436 g/mol. The highest BCUT2D eigenvalue weighted by Gasteiger charge is 2.20. The lowest BCUT2D eigenvalue weighted by molar-refractivity contribution is 0.102. The van der Waals surface area contributed by atoms with E-state index in [-0.39, 0.29) is 21.4 Å². The van der Waals surface area contributed by atoms with Crippen LogP contribution in [0.15, 0.2) is 35.0 Å². The van der Waals surface area contributed by atoms with Crippen LogP contribution in [-0.2, 0) is 0 Å². The number of anilines is 1. The first-order chi connectivity index (χ1) is 13.9. The van der Waals surface area contributed by atoms with E-state index < -0.39 is 5.91 Å². The first-order valence-electron chi connectivity index (χ1n) is 8.85. The van der Waals surface area contributed by atoms with Crippen LogP contribution in [0.4, 0.5) is 5.82 Å². The summed E-state index contributed by atoms with van der Waals surface area (Å²) in [5.74, 6) is 0.785. The Kier molecular flexibility index (Phi) is 6.61. The van der Waals surface area contributed by atoms with Crippen LogP contribution in [0.1, 0.15) is 29.3 Å². The number of methoxy groups -OCH3 is 1. The Hall–Kier alpha value is -2.77. The highest BCUT2D eigenvalue weighted by Crippen LogP contribution is 2.35. The van der Waals surface area contributed by atoms with Crippen LogP contribution in [0.3, 0.4) is 0 Å². The molecule has 9 heteroatoms. The van der Waals surface area contributed by atoms with Crippen LogP contribution >= 0.6 is 23.2 Å². The zero-order valence-corrected chi connectivity index (χ0v) is 17.6. The number of nitrogens with one attached hydrogen (secondary N) is 1. The highest BCUT2D eigenvalue weighted by molar-refractivity contribution is 6.37. The summed E-state index contributed by atoms with van der Waals surface area (Å²) in [7, 11) is 1.59. The van der Waals surface area contributed by atoms with Crippen LogP contribution in [0, 0.1) is 6.92 Å². The van der Waals surface area contributed by atoms with Gasteiger partial charge in [-0.05, 0) is 59.6 Å². The third-order valence-electron chi connectivity index (χ3n) is 4.12. The quantitative estimate of drug-likeness (QED) is 0.534. The predicted molar refractivity (Wildman–Crippen MR) is 111 cm³/mol. The summed E-state index contributed by atoms with van der Waals surface area (Å²) in [6.07, 6.45) is 0.807. The fourth-order valence-electron chi connectivity index (χ4n) is 2.69. The van der Waals surface area contributed by atoms with Crippen molar-refractivity contribution in [2.75, 3.05) is 19.0 Å². The number of amides is 1. The van der Waals surface area contributed by atoms with E-state index in [4.69, 9.17) is 37.3 Å². The van der Waals surface area contributed by atoms with Crippen LogP contribution in [-0.4, -0.2) is 29.9 Å². The molecule has 3 aromatic rings. The number of nitrogens with zero attached hydrogens (tertiary/aromatic N) is 2. The van der Waals surface area contributed by atoms with E-state index in [2.05, 4.69) is 15.6 Å². The predicted octanol–water partition coefficient (Wildman–Crippen LogP) is 5.40. The number of aryl methyl sites for hydroxylation is 1. The number of ether oxygens (including phenoxy) is 2. The molecule has 0 radical (unpaired) electrons. The van der Waals surface area contributed by atoms with Gasteiger partial charge in [-0.25, -0.2) is 4.63 Å². The summed E-state index contributed by atoms with van der Waals surface area (Å²) in [5.41, 5.74) is 2.30. The summed E-state index contributed by atoms with van der Waals surface area (Å²) >= 11 is 12.5. The van der Waals surface area contributed by atoms with Gasteiger partial charge in [0.05, 0.1) is 23.8 Å². The first kappa shape index (κ1) is 21.0. The van der Waals surface area contributed by atoms with Gasteiger partial charge in [0.25, 0.3) is 5.91 Å². The van der Waals surface area contributed by atoms with E-state index in [0.717, 1.165) is 17.5 Å². The van der Waals surface area contributed by atoms with E-state index in [1.807, 2.05) is 26.0 Å². The summed E-state index contributed by atoms with van der Waals surface area (Å²) in [6.45, 7) is 4.34. The number of carbonyl (C=O) groups excluding carboxylic acids is 1. The summed E-state index contributed by atoms with van der Waals surface area (Å²) in [4.78, 5) is 12.7. The van der Waals surface area contributed by atoms with E-state index in [0.29, 0.717) is 23.8 Å². The first-order valence-corrected chi connectivity index (χ1v) is 9.61. The number of halogens is 2. The Morgan fingerprint density at radius 2 is 1.90 bits per heavy atom. The van der Waals surface area contributed by atoms with E-state index in [9.17, 15) is 4.79 Å². The number of rotatable bonds is 7. The molecule has 1 heterocycles. The zero-order chi connectivity index (χ0) is 21.0. The number of benzene rings is 2. The van der Waals surface area contributed by atoms with Crippen molar-refractivity contribution in [2.45, 2.75) is 20.3 Å². The van der Waals surface area contributed by atoms with Gasteiger partial charge in [0.2, 0.25) is 5.82 Å². The fourth-order valence-corrected chi connectivity index (χ4v) is 3.28. The maximum absolute atomic E-state index is 12.7. The SMILES string of the molecule is CCCOc1c(Cl)cc(C(=O)Nc2nonc2-c2ccc(OC)cc2C)cc1Cl. The van der Waals surface area contributed by atoms with E-state index in [1.165, 1.54) is 12.1 Å². The third-order valence-corrected chi connectivity index (χ3v) is 4.68. The highest BCUT2D eigenvalue weighted by atomic mass is 35.5. The minimum atomic E-state index is -0.459. The van der Waals surface area contributed by atoms with Crippen LogP contribution in [0.25, 0.3) is 11.3 Å². The molecular formula is C20H19Cl2N3O4. The Morgan fingerprint density at radius 1 is 1.17 bits per heavy atom. The molecule has 0 fully saturated rings. The molecule has 1 aromatic heterocycles. The van der Waals surface area contributed by atoms with Crippen LogP contribution < -0.4 is 14.8 Å². The van der Waals surface area contributed by atoms with E-state index >= 15 is 0 Å². The minimum absolute atomic E-state index is 0.182. The normalized spacial score (nSPS) is 10.7. The second-order valence-electron chi connectivity index (χ2n) is 6.21. The van der Waals surface area contributed by atoms with Crippen molar-refractivity contribution in [1.29, 1.82) is 0 Å². The Bertz CT molecular complexity index is 1010. The number of hydrogen-bond acceptors (Lipinski definition) is 6. The molecule has 0 aliphatic rings. The van der Waals surface area contributed by atoms with Crippen molar-refractivity contribution in [3.8, 4) is 22.8 Å². The van der Waals surface area contributed by atoms with Gasteiger partial charge < -0.3 is 14.8 Å². The molecule has 0 bridgehead atoms. The number of carbonyl (C=O) groups is 1. The number of hydrogen-bond donors (Lipinski definition) is 1. The average Bonchev–Trinajstić information content (AvgIpc) is 3.14. The lowest BCUT2D eigenvalue weighted by atomic mass is 10.1. The smallest absolute Gasteiger partial charge is 0.257 e. The molecule has 0 spiro atoms. The Labute approximate surface area is 177 Å². The molecule has 29 heavy (non-hydrogen) atoms. The molecule has 0 saturated heterocycles. The molecule has 7 nitrogen and oxygen atoms in total. The molecule has 0 aliphatic carbocycles. The summed E-state index contributed by atoms with van der Waals surface area (Å²) in [6, 6.07) is 8.43. The molecule has 1 amide bonds. The number of aromatic nitrogens is 2. The van der Waals surface area contributed by atoms with Crippen LogP contribution in [0.2, 0.25) is 10.0 Å². The van der Waals surface area contributed by atoms with Crippen molar-refractivity contribution < 1.29 is 18.9 Å². The van der Waals surface area contributed by atoms with Gasteiger partial charge in [0.1, 0.15) is 5.75 Å². The van der Waals surface area contributed by atoms with Crippen molar-refractivity contribution >= 4 is 34.9 Å². The van der Waals surface area contributed by atoms with Crippen molar-refractivity contribution in [3.63, 3.8) is 0 Å². The molecule has 1 N–H and O–H groups in total. The molecule has 0 atom stereocenters. The zero-order valence-electron chi connectivity index (χ0n) is 16.1. The van der Waals surface area contributed by atoms with Crippen molar-refractivity contribution in [1.82, 2.24) is 10.3 Å². The van der Waals surface area contributed by atoms with Crippen LogP contribution in [0.5, 0.6) is 11.5 Å². The topological polar surface area (TPSA) is 86.5 Å². The lowest BCUT2D eigenvalue weighted by Crippen LogP contribution is -2.13. The molecule has 152 valence electrons.